The molecule has 0 aromatic heterocycles. The summed E-state index contributed by atoms with van der Waals surface area (Å²) < 4.78 is 25.7. The fourth-order valence-corrected chi connectivity index (χ4v) is 0.956. The van der Waals surface area contributed by atoms with E-state index in [2.05, 4.69) is 0 Å². The van der Waals surface area contributed by atoms with Crippen LogP contribution in [-0.2, 0) is 0 Å². The SMILES string of the molecule is Cl.NC(CO)c1c(F)cccc1F. The molecule has 1 unspecified atom stereocenters. The van der Waals surface area contributed by atoms with E-state index >= 15 is 0 Å². The molecule has 5 heteroatoms. The Balaban J connectivity index is 0.00000144. The third kappa shape index (κ3) is 2.62. The molecule has 0 fully saturated rings. The monoisotopic (exact) mass is 209 g/mol. The van der Waals surface area contributed by atoms with Gasteiger partial charge in [0.1, 0.15) is 11.6 Å². The molecular weight excluding hydrogens is 200 g/mol. The summed E-state index contributed by atoms with van der Waals surface area (Å²) in [4.78, 5) is 0. The smallest absolute Gasteiger partial charge is 0.130 e. The summed E-state index contributed by atoms with van der Waals surface area (Å²) in [5.74, 6) is -1.45. The molecule has 0 aliphatic rings. The van der Waals surface area contributed by atoms with Crippen LogP contribution in [0.25, 0.3) is 0 Å². The first kappa shape index (κ1) is 12.3. The van der Waals surface area contributed by atoms with Gasteiger partial charge in [0.25, 0.3) is 0 Å². The fourth-order valence-electron chi connectivity index (χ4n) is 0.956. The average Bonchev–Trinajstić information content (AvgIpc) is 2.03. The maximum atomic E-state index is 12.9. The lowest BCUT2D eigenvalue weighted by Gasteiger charge is -2.09. The van der Waals surface area contributed by atoms with E-state index in [1.807, 2.05) is 0 Å². The van der Waals surface area contributed by atoms with E-state index in [4.69, 9.17) is 10.8 Å². The van der Waals surface area contributed by atoms with E-state index in [0.717, 1.165) is 12.1 Å². The van der Waals surface area contributed by atoms with Crippen molar-refractivity contribution in [2.45, 2.75) is 6.04 Å². The maximum absolute atomic E-state index is 12.9. The number of aliphatic hydroxyl groups is 1. The molecule has 74 valence electrons. The van der Waals surface area contributed by atoms with Gasteiger partial charge >= 0.3 is 0 Å². The Morgan fingerprint density at radius 3 is 2.15 bits per heavy atom. The number of rotatable bonds is 2. The van der Waals surface area contributed by atoms with Crippen LogP contribution in [0.1, 0.15) is 11.6 Å². The molecule has 0 aliphatic carbocycles. The molecule has 3 N–H and O–H groups in total. The van der Waals surface area contributed by atoms with Gasteiger partial charge in [0.05, 0.1) is 12.6 Å². The Morgan fingerprint density at radius 2 is 1.77 bits per heavy atom. The molecule has 0 saturated heterocycles. The standard InChI is InChI=1S/C8H9F2NO.ClH/c9-5-2-1-3-6(10)8(5)7(11)4-12;/h1-3,7,12H,4,11H2;1H. The first-order valence-corrected chi connectivity index (χ1v) is 3.47. The van der Waals surface area contributed by atoms with Gasteiger partial charge in [-0.15, -0.1) is 12.4 Å². The summed E-state index contributed by atoms with van der Waals surface area (Å²) in [5, 5.41) is 8.58. The van der Waals surface area contributed by atoms with Gasteiger partial charge in [0, 0.05) is 5.56 Å². The zero-order valence-corrected chi connectivity index (χ0v) is 7.52. The number of benzene rings is 1. The second-order valence-electron chi connectivity index (χ2n) is 2.42. The zero-order chi connectivity index (χ0) is 9.14. The van der Waals surface area contributed by atoms with Crippen LogP contribution in [0.2, 0.25) is 0 Å². The van der Waals surface area contributed by atoms with Crippen LogP contribution in [0, 0.1) is 11.6 Å². The van der Waals surface area contributed by atoms with Gasteiger partial charge in [0.2, 0.25) is 0 Å². The number of hydrogen-bond acceptors (Lipinski definition) is 2. The van der Waals surface area contributed by atoms with Crippen molar-refractivity contribution in [1.29, 1.82) is 0 Å². The van der Waals surface area contributed by atoms with E-state index in [1.165, 1.54) is 6.07 Å². The lowest BCUT2D eigenvalue weighted by molar-refractivity contribution is 0.262. The van der Waals surface area contributed by atoms with Crippen LogP contribution in [0.4, 0.5) is 8.78 Å². The molecule has 1 aromatic rings. The average molecular weight is 210 g/mol. The highest BCUT2D eigenvalue weighted by Gasteiger charge is 2.14. The van der Waals surface area contributed by atoms with E-state index < -0.39 is 24.3 Å². The van der Waals surface area contributed by atoms with Crippen molar-refractivity contribution in [3.8, 4) is 0 Å². The fraction of sp³-hybridized carbons (Fsp3) is 0.250. The van der Waals surface area contributed by atoms with Crippen molar-refractivity contribution >= 4 is 12.4 Å². The molecule has 0 radical (unpaired) electrons. The Labute approximate surface area is 80.8 Å². The van der Waals surface area contributed by atoms with Crippen LogP contribution in [0.3, 0.4) is 0 Å². The summed E-state index contributed by atoms with van der Waals surface area (Å²) in [7, 11) is 0. The van der Waals surface area contributed by atoms with E-state index in [0.29, 0.717) is 0 Å². The first-order valence-electron chi connectivity index (χ1n) is 3.47. The maximum Gasteiger partial charge on any atom is 0.130 e. The summed E-state index contributed by atoms with van der Waals surface area (Å²) >= 11 is 0. The van der Waals surface area contributed by atoms with Crippen LogP contribution in [-0.4, -0.2) is 11.7 Å². The molecule has 0 saturated carbocycles. The highest BCUT2D eigenvalue weighted by molar-refractivity contribution is 5.85. The topological polar surface area (TPSA) is 46.2 Å². The third-order valence-electron chi connectivity index (χ3n) is 1.57. The molecule has 0 aliphatic heterocycles. The Hall–Kier alpha value is -0.710. The van der Waals surface area contributed by atoms with Crippen LogP contribution in [0.5, 0.6) is 0 Å². The minimum Gasteiger partial charge on any atom is -0.394 e. The van der Waals surface area contributed by atoms with E-state index in [1.54, 1.807) is 0 Å². The molecule has 0 amide bonds. The van der Waals surface area contributed by atoms with Gasteiger partial charge in [-0.05, 0) is 12.1 Å². The molecule has 1 atom stereocenters. The third-order valence-corrected chi connectivity index (χ3v) is 1.57. The van der Waals surface area contributed by atoms with Gasteiger partial charge in [-0.3, -0.25) is 0 Å². The number of hydrogen-bond donors (Lipinski definition) is 2. The highest BCUT2D eigenvalue weighted by atomic mass is 35.5. The minimum atomic E-state index is -0.994. The second kappa shape index (κ2) is 5.11. The van der Waals surface area contributed by atoms with Gasteiger partial charge < -0.3 is 10.8 Å². The van der Waals surface area contributed by atoms with Crippen LogP contribution in [0.15, 0.2) is 18.2 Å². The zero-order valence-electron chi connectivity index (χ0n) is 6.71. The second-order valence-corrected chi connectivity index (χ2v) is 2.42. The van der Waals surface area contributed by atoms with Crippen molar-refractivity contribution in [3.63, 3.8) is 0 Å². The number of nitrogens with two attached hydrogens (primary N) is 1. The lowest BCUT2D eigenvalue weighted by atomic mass is 10.1. The van der Waals surface area contributed by atoms with Gasteiger partial charge in [0.15, 0.2) is 0 Å². The molecule has 0 bridgehead atoms. The van der Waals surface area contributed by atoms with Gasteiger partial charge in [-0.25, -0.2) is 8.78 Å². The lowest BCUT2D eigenvalue weighted by Crippen LogP contribution is -2.17. The quantitative estimate of drug-likeness (QED) is 0.773. The summed E-state index contributed by atoms with van der Waals surface area (Å²) in [6.45, 7) is -0.474. The van der Waals surface area contributed by atoms with E-state index in [-0.39, 0.29) is 18.0 Å². The number of aliphatic hydroxyl groups excluding tert-OH is 1. The van der Waals surface area contributed by atoms with Crippen molar-refractivity contribution < 1.29 is 13.9 Å². The summed E-state index contributed by atoms with van der Waals surface area (Å²) in [6, 6.07) is 2.46. The van der Waals surface area contributed by atoms with Crippen molar-refractivity contribution in [3.05, 3.63) is 35.4 Å². The van der Waals surface area contributed by atoms with Crippen LogP contribution < -0.4 is 5.73 Å². The summed E-state index contributed by atoms with van der Waals surface area (Å²) in [5.41, 5.74) is 5.00. The first-order chi connectivity index (χ1) is 5.66. The molecule has 1 aromatic carbocycles. The van der Waals surface area contributed by atoms with Gasteiger partial charge in [-0.2, -0.15) is 0 Å². The molecule has 13 heavy (non-hydrogen) atoms. The Kier molecular flexibility index (Phi) is 4.83. The normalized spacial score (nSPS) is 12.0. The largest absolute Gasteiger partial charge is 0.394 e. The Bertz CT molecular complexity index is 263. The Morgan fingerprint density at radius 1 is 1.31 bits per heavy atom. The molecule has 0 heterocycles. The van der Waals surface area contributed by atoms with Gasteiger partial charge in [-0.1, -0.05) is 6.07 Å². The molecular formula is C8H10ClF2NO. The van der Waals surface area contributed by atoms with Crippen LogP contribution >= 0.6 is 12.4 Å². The predicted molar refractivity (Wildman–Crippen MR) is 47.6 cm³/mol. The molecule has 2 nitrogen and oxygen atoms in total. The van der Waals surface area contributed by atoms with Crippen molar-refractivity contribution in [2.24, 2.45) is 5.73 Å². The predicted octanol–water partition coefficient (Wildman–Crippen LogP) is 1.38. The molecule has 0 spiro atoms. The van der Waals surface area contributed by atoms with Crippen molar-refractivity contribution in [1.82, 2.24) is 0 Å². The molecule has 1 rings (SSSR count). The minimum absolute atomic E-state index is 0. The summed E-state index contributed by atoms with van der Waals surface area (Å²) in [6.07, 6.45) is 0. The number of halogens is 3. The highest BCUT2D eigenvalue weighted by Crippen LogP contribution is 2.17. The van der Waals surface area contributed by atoms with Crippen molar-refractivity contribution in [2.75, 3.05) is 6.61 Å². The van der Waals surface area contributed by atoms with E-state index in [9.17, 15) is 8.78 Å².